The summed E-state index contributed by atoms with van der Waals surface area (Å²) >= 11 is 6.12. The molecular formula is C13H18ClNO. The Hall–Kier alpha value is -0.730. The lowest BCUT2D eigenvalue weighted by molar-refractivity contribution is 0.374. The molecule has 3 heteroatoms. The fourth-order valence-corrected chi connectivity index (χ4v) is 2.63. The van der Waals surface area contributed by atoms with Crippen molar-refractivity contribution in [1.29, 1.82) is 0 Å². The number of fused-ring (bicyclic) bond motifs is 1. The Labute approximate surface area is 102 Å². The van der Waals surface area contributed by atoms with Gasteiger partial charge in [-0.2, -0.15) is 0 Å². The first kappa shape index (κ1) is 11.7. The molecule has 1 N–H and O–H groups in total. The van der Waals surface area contributed by atoms with E-state index in [-0.39, 0.29) is 0 Å². The van der Waals surface area contributed by atoms with Gasteiger partial charge in [-0.05, 0) is 36.6 Å². The summed E-state index contributed by atoms with van der Waals surface area (Å²) in [5.41, 5.74) is 2.61. The Morgan fingerprint density at radius 2 is 2.19 bits per heavy atom. The number of halogens is 1. The Morgan fingerprint density at radius 1 is 1.44 bits per heavy atom. The predicted molar refractivity (Wildman–Crippen MR) is 67.3 cm³/mol. The first-order chi connectivity index (χ1) is 7.63. The van der Waals surface area contributed by atoms with Crippen molar-refractivity contribution in [2.45, 2.75) is 26.3 Å². The molecule has 1 heterocycles. The summed E-state index contributed by atoms with van der Waals surface area (Å²) in [7, 11) is 1.71. The molecule has 0 aliphatic carbocycles. The number of nitrogens with one attached hydrogen (secondary N) is 1. The van der Waals surface area contributed by atoms with Crippen LogP contribution >= 0.6 is 11.6 Å². The zero-order valence-electron chi connectivity index (χ0n) is 10.0. The van der Waals surface area contributed by atoms with Crippen LogP contribution in [-0.4, -0.2) is 13.7 Å². The monoisotopic (exact) mass is 239 g/mol. The van der Waals surface area contributed by atoms with Gasteiger partial charge in [0.15, 0.2) is 0 Å². The van der Waals surface area contributed by atoms with Gasteiger partial charge in [0.25, 0.3) is 0 Å². The maximum atomic E-state index is 6.12. The number of rotatable bonds is 2. The van der Waals surface area contributed by atoms with Crippen molar-refractivity contribution in [3.05, 3.63) is 28.3 Å². The van der Waals surface area contributed by atoms with Crippen LogP contribution < -0.4 is 10.1 Å². The third-order valence-corrected chi connectivity index (χ3v) is 3.39. The lowest BCUT2D eigenvalue weighted by Gasteiger charge is -2.31. The van der Waals surface area contributed by atoms with Crippen molar-refractivity contribution in [2.24, 2.45) is 5.92 Å². The molecule has 1 unspecified atom stereocenters. The molecule has 1 aromatic rings. The highest BCUT2D eigenvalue weighted by atomic mass is 35.5. The summed E-state index contributed by atoms with van der Waals surface area (Å²) in [5.74, 6) is 1.48. The normalized spacial score (nSPS) is 19.7. The van der Waals surface area contributed by atoms with Gasteiger partial charge in [-0.25, -0.2) is 0 Å². The van der Waals surface area contributed by atoms with Crippen molar-refractivity contribution < 1.29 is 4.74 Å². The van der Waals surface area contributed by atoms with E-state index in [0.29, 0.717) is 12.0 Å². The average Bonchev–Trinajstić information content (AvgIpc) is 2.26. The van der Waals surface area contributed by atoms with Gasteiger partial charge in [0.05, 0.1) is 7.11 Å². The summed E-state index contributed by atoms with van der Waals surface area (Å²) in [6.45, 7) is 5.45. The van der Waals surface area contributed by atoms with Gasteiger partial charge in [-0.15, -0.1) is 0 Å². The standard InChI is InChI=1S/C13H18ClNO/c1-8(2)13-11-6-9(14)7-12(16-3)10(11)4-5-15-13/h6-8,13,15H,4-5H2,1-3H3. The van der Waals surface area contributed by atoms with Crippen molar-refractivity contribution in [1.82, 2.24) is 5.32 Å². The van der Waals surface area contributed by atoms with Crippen LogP contribution in [0.2, 0.25) is 5.02 Å². The van der Waals surface area contributed by atoms with Gasteiger partial charge >= 0.3 is 0 Å². The molecule has 0 radical (unpaired) electrons. The third-order valence-electron chi connectivity index (χ3n) is 3.17. The van der Waals surface area contributed by atoms with E-state index in [0.717, 1.165) is 23.7 Å². The van der Waals surface area contributed by atoms with Gasteiger partial charge in [0.1, 0.15) is 5.75 Å². The van der Waals surface area contributed by atoms with Crippen molar-refractivity contribution in [3.8, 4) is 5.75 Å². The van der Waals surface area contributed by atoms with E-state index < -0.39 is 0 Å². The van der Waals surface area contributed by atoms with Crippen LogP contribution in [0.5, 0.6) is 5.75 Å². The molecule has 1 aliphatic heterocycles. The maximum absolute atomic E-state index is 6.12. The molecule has 0 spiro atoms. The lowest BCUT2D eigenvalue weighted by Crippen LogP contribution is -2.33. The summed E-state index contributed by atoms with van der Waals surface area (Å²) in [6.07, 6.45) is 1.01. The maximum Gasteiger partial charge on any atom is 0.123 e. The lowest BCUT2D eigenvalue weighted by atomic mass is 9.87. The first-order valence-corrected chi connectivity index (χ1v) is 6.11. The molecule has 0 amide bonds. The highest BCUT2D eigenvalue weighted by Gasteiger charge is 2.25. The number of hydrogen-bond donors (Lipinski definition) is 1. The second kappa shape index (κ2) is 4.64. The van der Waals surface area contributed by atoms with Gasteiger partial charge in [-0.3, -0.25) is 0 Å². The molecule has 0 bridgehead atoms. The Bertz CT molecular complexity index is 390. The fraction of sp³-hybridized carbons (Fsp3) is 0.538. The molecule has 1 atom stereocenters. The molecule has 2 nitrogen and oxygen atoms in total. The fourth-order valence-electron chi connectivity index (χ4n) is 2.42. The first-order valence-electron chi connectivity index (χ1n) is 5.73. The van der Waals surface area contributed by atoms with Crippen molar-refractivity contribution in [3.63, 3.8) is 0 Å². The molecule has 0 saturated carbocycles. The van der Waals surface area contributed by atoms with Gasteiger partial charge in [0.2, 0.25) is 0 Å². The van der Waals surface area contributed by atoms with E-state index in [1.807, 2.05) is 6.07 Å². The van der Waals surface area contributed by atoms with Crippen LogP contribution in [0.3, 0.4) is 0 Å². The second-order valence-electron chi connectivity index (χ2n) is 4.60. The molecule has 88 valence electrons. The van der Waals surface area contributed by atoms with Crippen LogP contribution in [0.1, 0.15) is 31.0 Å². The molecule has 1 aliphatic rings. The molecule has 0 aromatic heterocycles. The van der Waals surface area contributed by atoms with E-state index in [9.17, 15) is 0 Å². The van der Waals surface area contributed by atoms with Gasteiger partial charge < -0.3 is 10.1 Å². The van der Waals surface area contributed by atoms with Gasteiger partial charge in [0, 0.05) is 16.6 Å². The van der Waals surface area contributed by atoms with E-state index in [4.69, 9.17) is 16.3 Å². The summed E-state index contributed by atoms with van der Waals surface area (Å²) in [6, 6.07) is 4.36. The Morgan fingerprint density at radius 3 is 2.81 bits per heavy atom. The number of ether oxygens (including phenoxy) is 1. The molecular weight excluding hydrogens is 222 g/mol. The quantitative estimate of drug-likeness (QED) is 0.856. The predicted octanol–water partition coefficient (Wildman–Crippen LogP) is 3.19. The average molecular weight is 240 g/mol. The summed E-state index contributed by atoms with van der Waals surface area (Å²) in [4.78, 5) is 0. The minimum atomic E-state index is 0.386. The molecule has 1 aromatic carbocycles. The molecule has 0 fully saturated rings. The topological polar surface area (TPSA) is 21.3 Å². The number of hydrogen-bond acceptors (Lipinski definition) is 2. The van der Waals surface area contributed by atoms with E-state index in [2.05, 4.69) is 25.2 Å². The molecule has 0 saturated heterocycles. The summed E-state index contributed by atoms with van der Waals surface area (Å²) in [5, 5.41) is 4.29. The van der Waals surface area contributed by atoms with E-state index >= 15 is 0 Å². The summed E-state index contributed by atoms with van der Waals surface area (Å²) < 4.78 is 5.41. The minimum absolute atomic E-state index is 0.386. The van der Waals surface area contributed by atoms with Crippen LogP contribution in [-0.2, 0) is 6.42 Å². The van der Waals surface area contributed by atoms with Gasteiger partial charge in [-0.1, -0.05) is 25.4 Å². The van der Waals surface area contributed by atoms with Crippen LogP contribution in [0.15, 0.2) is 12.1 Å². The molecule has 2 rings (SSSR count). The van der Waals surface area contributed by atoms with Crippen molar-refractivity contribution in [2.75, 3.05) is 13.7 Å². The highest BCUT2D eigenvalue weighted by Crippen LogP contribution is 2.36. The van der Waals surface area contributed by atoms with Crippen LogP contribution in [0.4, 0.5) is 0 Å². The smallest absolute Gasteiger partial charge is 0.123 e. The number of benzene rings is 1. The SMILES string of the molecule is COc1cc(Cl)cc2c1CCNC2C(C)C. The molecule has 16 heavy (non-hydrogen) atoms. The number of methoxy groups -OCH3 is 1. The zero-order chi connectivity index (χ0) is 11.7. The third kappa shape index (κ3) is 2.04. The van der Waals surface area contributed by atoms with Crippen LogP contribution in [0, 0.1) is 5.92 Å². The largest absolute Gasteiger partial charge is 0.496 e. The highest BCUT2D eigenvalue weighted by molar-refractivity contribution is 6.30. The minimum Gasteiger partial charge on any atom is -0.496 e. The Kier molecular flexibility index (Phi) is 3.41. The Balaban J connectivity index is 2.51. The van der Waals surface area contributed by atoms with Crippen molar-refractivity contribution >= 4 is 11.6 Å². The van der Waals surface area contributed by atoms with Crippen LogP contribution in [0.25, 0.3) is 0 Å². The second-order valence-corrected chi connectivity index (χ2v) is 5.04. The van der Waals surface area contributed by atoms with E-state index in [1.165, 1.54) is 11.1 Å². The van der Waals surface area contributed by atoms with E-state index in [1.54, 1.807) is 7.11 Å². The zero-order valence-corrected chi connectivity index (χ0v) is 10.8.